The second kappa shape index (κ2) is 11.8. The zero-order valence-corrected chi connectivity index (χ0v) is 19.5. The van der Waals surface area contributed by atoms with Gasteiger partial charge < -0.3 is 14.8 Å². The van der Waals surface area contributed by atoms with Crippen LogP contribution >= 0.6 is 11.6 Å². The number of urea groups is 1. The summed E-state index contributed by atoms with van der Waals surface area (Å²) in [5, 5.41) is 7.48. The van der Waals surface area contributed by atoms with Crippen LogP contribution in [0.15, 0.2) is 108 Å². The van der Waals surface area contributed by atoms with E-state index >= 15 is 0 Å². The molecule has 0 spiro atoms. The van der Waals surface area contributed by atoms with Crippen LogP contribution in [0.4, 0.5) is 19.3 Å². The molecule has 0 unspecified atom stereocenters. The summed E-state index contributed by atoms with van der Waals surface area (Å²) in [6.45, 7) is -2.93. The van der Waals surface area contributed by atoms with Crippen molar-refractivity contribution in [1.29, 1.82) is 0 Å². The van der Waals surface area contributed by atoms with Crippen molar-refractivity contribution in [2.75, 3.05) is 5.32 Å². The lowest BCUT2D eigenvalue weighted by atomic mass is 10.0. The molecule has 4 rings (SSSR count). The second-order valence-corrected chi connectivity index (χ2v) is 7.81. The number of anilines is 1. The van der Waals surface area contributed by atoms with Crippen molar-refractivity contribution in [3.8, 4) is 17.2 Å². The van der Waals surface area contributed by atoms with Gasteiger partial charge in [0, 0.05) is 21.8 Å². The Balaban J connectivity index is 1.46. The zero-order chi connectivity index (χ0) is 25.3. The van der Waals surface area contributed by atoms with Crippen LogP contribution in [0.25, 0.3) is 0 Å². The molecule has 6 nitrogen and oxygen atoms in total. The van der Waals surface area contributed by atoms with Crippen LogP contribution < -0.4 is 20.2 Å². The molecule has 182 valence electrons. The summed E-state index contributed by atoms with van der Waals surface area (Å²) in [5.41, 5.74) is 4.63. The molecule has 0 aliphatic heterocycles. The second-order valence-electron chi connectivity index (χ2n) is 7.38. The summed E-state index contributed by atoms with van der Waals surface area (Å²) in [6.07, 6.45) is 0. The Kier molecular flexibility index (Phi) is 8.10. The van der Waals surface area contributed by atoms with E-state index in [0.29, 0.717) is 39.0 Å². The Morgan fingerprint density at radius 1 is 0.750 bits per heavy atom. The largest absolute Gasteiger partial charge is 0.457 e. The fraction of sp³-hybridized carbons (Fsp3) is 0.0370. The molecule has 2 amide bonds. The number of rotatable bonds is 8. The number of hydrogen-bond acceptors (Lipinski definition) is 4. The first-order chi connectivity index (χ1) is 17.5. The van der Waals surface area contributed by atoms with Crippen molar-refractivity contribution in [2.45, 2.75) is 6.61 Å². The third-order valence-electron chi connectivity index (χ3n) is 4.83. The molecule has 36 heavy (non-hydrogen) atoms. The van der Waals surface area contributed by atoms with Crippen LogP contribution in [0.2, 0.25) is 5.02 Å². The number of para-hydroxylation sites is 1. The van der Waals surface area contributed by atoms with Gasteiger partial charge in [-0.3, -0.25) is 0 Å². The average molecular weight is 508 g/mol. The Morgan fingerprint density at radius 2 is 1.31 bits per heavy atom. The Labute approximate surface area is 211 Å². The molecule has 4 aromatic rings. The van der Waals surface area contributed by atoms with Crippen molar-refractivity contribution in [3.63, 3.8) is 0 Å². The normalized spacial score (nSPS) is 11.2. The number of hydrazone groups is 1. The molecule has 2 N–H and O–H groups in total. The third-order valence-corrected chi connectivity index (χ3v) is 5.08. The van der Waals surface area contributed by atoms with E-state index in [4.69, 9.17) is 16.3 Å². The van der Waals surface area contributed by atoms with Gasteiger partial charge in [0.2, 0.25) is 0 Å². The van der Waals surface area contributed by atoms with E-state index in [1.54, 1.807) is 60.7 Å². The number of carbonyl (C=O) groups is 1. The number of ether oxygens (including phenoxy) is 2. The summed E-state index contributed by atoms with van der Waals surface area (Å²) in [7, 11) is 0. The van der Waals surface area contributed by atoms with Gasteiger partial charge in [-0.05, 0) is 72.8 Å². The van der Waals surface area contributed by atoms with E-state index in [-0.39, 0.29) is 5.75 Å². The summed E-state index contributed by atoms with van der Waals surface area (Å²) in [4.78, 5) is 12.5. The lowest BCUT2D eigenvalue weighted by molar-refractivity contribution is -0.0498. The average Bonchev–Trinajstić information content (AvgIpc) is 2.87. The topological polar surface area (TPSA) is 72.0 Å². The Hall–Kier alpha value is -4.43. The van der Waals surface area contributed by atoms with Crippen LogP contribution in [0.3, 0.4) is 0 Å². The fourth-order valence-electron chi connectivity index (χ4n) is 3.19. The highest BCUT2D eigenvalue weighted by Gasteiger charge is 2.11. The Bertz CT molecular complexity index is 1320. The minimum Gasteiger partial charge on any atom is -0.457 e. The molecule has 0 atom stereocenters. The van der Waals surface area contributed by atoms with Crippen LogP contribution in [0, 0.1) is 0 Å². The van der Waals surface area contributed by atoms with Gasteiger partial charge in [-0.25, -0.2) is 10.2 Å². The van der Waals surface area contributed by atoms with Crippen LogP contribution in [-0.2, 0) is 0 Å². The fourth-order valence-corrected chi connectivity index (χ4v) is 3.32. The number of benzene rings is 4. The number of alkyl halides is 2. The van der Waals surface area contributed by atoms with E-state index in [0.717, 1.165) is 0 Å². The van der Waals surface area contributed by atoms with E-state index in [1.807, 2.05) is 30.3 Å². The molecular formula is C27H20ClF2N3O3. The molecule has 9 heteroatoms. The SMILES string of the molecule is O=C(N/N=C(\c1ccc(Cl)cc1)c1ccc(OC(F)F)cc1)Nc1ccc(Oc2ccccc2)cc1. The number of nitrogens with one attached hydrogen (secondary N) is 2. The van der Waals surface area contributed by atoms with Crippen molar-refractivity contribution in [3.05, 3.63) is 119 Å². The molecule has 0 saturated heterocycles. The molecule has 0 radical (unpaired) electrons. The number of halogens is 3. The summed E-state index contributed by atoms with van der Waals surface area (Å²) in [5.74, 6) is 1.33. The first-order valence-corrected chi connectivity index (χ1v) is 11.1. The van der Waals surface area contributed by atoms with Crippen LogP contribution in [-0.4, -0.2) is 18.4 Å². The highest BCUT2D eigenvalue weighted by Crippen LogP contribution is 2.23. The molecule has 0 fully saturated rings. The highest BCUT2D eigenvalue weighted by atomic mass is 35.5. The van der Waals surface area contributed by atoms with Gasteiger partial charge in [-0.1, -0.05) is 41.9 Å². The maximum atomic E-state index is 12.5. The third kappa shape index (κ3) is 7.04. The molecular weight excluding hydrogens is 488 g/mol. The van der Waals surface area contributed by atoms with E-state index in [1.165, 1.54) is 12.1 Å². The van der Waals surface area contributed by atoms with Gasteiger partial charge in [0.05, 0.1) is 5.71 Å². The van der Waals surface area contributed by atoms with Gasteiger partial charge in [0.15, 0.2) is 0 Å². The number of carbonyl (C=O) groups excluding carboxylic acids is 1. The van der Waals surface area contributed by atoms with E-state index in [2.05, 4.69) is 20.6 Å². The minimum absolute atomic E-state index is 0.00889. The minimum atomic E-state index is -2.93. The quantitative estimate of drug-likeness (QED) is 0.194. The zero-order valence-electron chi connectivity index (χ0n) is 18.7. The first kappa shape index (κ1) is 24.7. The van der Waals surface area contributed by atoms with Crippen molar-refractivity contribution < 1.29 is 23.0 Å². The predicted molar refractivity (Wildman–Crippen MR) is 135 cm³/mol. The van der Waals surface area contributed by atoms with Gasteiger partial charge in [0.1, 0.15) is 17.2 Å². The molecule has 0 saturated carbocycles. The van der Waals surface area contributed by atoms with Gasteiger partial charge in [-0.15, -0.1) is 0 Å². The van der Waals surface area contributed by atoms with Crippen molar-refractivity contribution in [2.24, 2.45) is 5.10 Å². The van der Waals surface area contributed by atoms with Crippen molar-refractivity contribution in [1.82, 2.24) is 5.43 Å². The van der Waals surface area contributed by atoms with Crippen LogP contribution in [0.1, 0.15) is 11.1 Å². The first-order valence-electron chi connectivity index (χ1n) is 10.7. The smallest absolute Gasteiger partial charge is 0.387 e. The summed E-state index contributed by atoms with van der Waals surface area (Å²) >= 11 is 5.99. The number of nitrogens with zero attached hydrogens (tertiary/aromatic N) is 1. The maximum absolute atomic E-state index is 12.5. The maximum Gasteiger partial charge on any atom is 0.387 e. The molecule has 0 aromatic heterocycles. The molecule has 0 aliphatic rings. The summed E-state index contributed by atoms with van der Waals surface area (Å²) in [6, 6.07) is 28.4. The molecule has 4 aromatic carbocycles. The van der Waals surface area contributed by atoms with Crippen LogP contribution in [0.5, 0.6) is 17.2 Å². The predicted octanol–water partition coefficient (Wildman–Crippen LogP) is 7.31. The van der Waals surface area contributed by atoms with E-state index < -0.39 is 12.6 Å². The number of amides is 2. The van der Waals surface area contributed by atoms with Crippen molar-refractivity contribution >= 4 is 29.0 Å². The standard InChI is InChI=1S/C27H20ClF2N3O3/c28-20-10-6-18(7-11-20)25(19-8-14-24(15-9-19)36-26(29)30)32-33-27(34)31-21-12-16-23(17-13-21)35-22-4-2-1-3-5-22/h1-17,26H,(H2,31,33,34)/b32-25+. The Morgan fingerprint density at radius 3 is 1.92 bits per heavy atom. The number of hydrogen-bond donors (Lipinski definition) is 2. The van der Waals surface area contributed by atoms with Gasteiger partial charge in [0.25, 0.3) is 0 Å². The van der Waals surface area contributed by atoms with Gasteiger partial charge in [-0.2, -0.15) is 13.9 Å². The summed E-state index contributed by atoms with van der Waals surface area (Å²) < 4.78 is 35.1. The molecule has 0 heterocycles. The lowest BCUT2D eigenvalue weighted by Crippen LogP contribution is -2.26. The monoisotopic (exact) mass is 507 g/mol. The molecule has 0 aliphatic carbocycles. The highest BCUT2D eigenvalue weighted by molar-refractivity contribution is 6.30. The van der Waals surface area contributed by atoms with E-state index in [9.17, 15) is 13.6 Å². The van der Waals surface area contributed by atoms with Gasteiger partial charge >= 0.3 is 12.6 Å². The lowest BCUT2D eigenvalue weighted by Gasteiger charge is -2.11. The molecule has 0 bridgehead atoms.